The van der Waals surface area contributed by atoms with Crippen molar-refractivity contribution in [3.05, 3.63) is 9.47 Å². The number of aromatic nitrogens is 2. The minimum absolute atomic E-state index is 0.0372. The zero-order valence-electron chi connectivity index (χ0n) is 9.30. The topological polar surface area (TPSA) is 49.3 Å². The van der Waals surface area contributed by atoms with Crippen molar-refractivity contribution in [2.75, 3.05) is 26.2 Å². The summed E-state index contributed by atoms with van der Waals surface area (Å²) in [5.74, 6) is -0.0372. The van der Waals surface area contributed by atoms with Crippen LogP contribution in [0.1, 0.15) is 22.6 Å². The van der Waals surface area contributed by atoms with Gasteiger partial charge < -0.3 is 4.90 Å². The molecule has 0 atom stereocenters. The van der Waals surface area contributed by atoms with E-state index in [0.29, 0.717) is 9.47 Å². The zero-order valence-corrected chi connectivity index (χ0v) is 10.9. The van der Waals surface area contributed by atoms with Gasteiger partial charge in [-0.15, -0.1) is 10.2 Å². The van der Waals surface area contributed by atoms with Crippen LogP contribution < -0.4 is 0 Å². The van der Waals surface area contributed by atoms with Crippen molar-refractivity contribution in [2.24, 2.45) is 0 Å². The third kappa shape index (κ3) is 2.43. The summed E-state index contributed by atoms with van der Waals surface area (Å²) in [6, 6.07) is 0.781. The predicted octanol–water partition coefficient (Wildman–Crippen LogP) is 1.11. The monoisotopic (exact) mass is 272 g/mol. The first-order chi connectivity index (χ1) is 8.24. The van der Waals surface area contributed by atoms with Crippen molar-refractivity contribution in [3.63, 3.8) is 0 Å². The lowest BCUT2D eigenvalue weighted by Gasteiger charge is -2.34. The molecule has 0 radical (unpaired) electrons. The SMILES string of the molecule is O=C(c1nnc(Cl)s1)N1CCN(C2CC2)CC1. The Balaban J connectivity index is 1.60. The van der Waals surface area contributed by atoms with E-state index in [1.165, 1.54) is 12.8 Å². The van der Waals surface area contributed by atoms with Gasteiger partial charge in [-0.1, -0.05) is 11.3 Å². The second kappa shape index (κ2) is 4.51. The first-order valence-corrected chi connectivity index (χ1v) is 6.96. The molecule has 1 aliphatic heterocycles. The highest BCUT2D eigenvalue weighted by Gasteiger charge is 2.33. The molecule has 0 bridgehead atoms. The van der Waals surface area contributed by atoms with Crippen LogP contribution in [-0.4, -0.2) is 58.1 Å². The van der Waals surface area contributed by atoms with E-state index in [4.69, 9.17) is 11.6 Å². The summed E-state index contributed by atoms with van der Waals surface area (Å²) in [6.45, 7) is 3.52. The Labute approximate surface area is 108 Å². The molecule has 1 aromatic heterocycles. The van der Waals surface area contributed by atoms with Crippen molar-refractivity contribution in [3.8, 4) is 0 Å². The maximum absolute atomic E-state index is 12.1. The molecule has 5 nitrogen and oxygen atoms in total. The van der Waals surface area contributed by atoms with Gasteiger partial charge in [-0.05, 0) is 24.4 Å². The molecule has 1 aliphatic carbocycles. The smallest absolute Gasteiger partial charge is 0.284 e. The number of hydrogen-bond donors (Lipinski definition) is 0. The maximum atomic E-state index is 12.1. The molecule has 0 spiro atoms. The minimum Gasteiger partial charge on any atom is -0.334 e. The van der Waals surface area contributed by atoms with Crippen LogP contribution in [0.2, 0.25) is 4.47 Å². The van der Waals surface area contributed by atoms with Crippen molar-refractivity contribution >= 4 is 28.8 Å². The minimum atomic E-state index is -0.0372. The molecule has 0 aromatic carbocycles. The first kappa shape index (κ1) is 11.4. The molecule has 1 saturated heterocycles. The fourth-order valence-electron chi connectivity index (χ4n) is 2.16. The summed E-state index contributed by atoms with van der Waals surface area (Å²) in [5, 5.41) is 7.85. The molecule has 3 rings (SSSR count). The fraction of sp³-hybridized carbons (Fsp3) is 0.700. The quantitative estimate of drug-likeness (QED) is 0.809. The largest absolute Gasteiger partial charge is 0.334 e. The van der Waals surface area contributed by atoms with Gasteiger partial charge in [-0.25, -0.2) is 0 Å². The normalized spacial score (nSPS) is 21.8. The van der Waals surface area contributed by atoms with E-state index in [-0.39, 0.29) is 5.91 Å². The number of carbonyl (C=O) groups excluding carboxylic acids is 1. The Bertz CT molecular complexity index is 426. The molecule has 1 saturated carbocycles. The molecule has 2 aliphatic rings. The van der Waals surface area contributed by atoms with E-state index in [0.717, 1.165) is 43.6 Å². The van der Waals surface area contributed by atoms with Crippen molar-refractivity contribution < 1.29 is 4.79 Å². The van der Waals surface area contributed by atoms with E-state index >= 15 is 0 Å². The van der Waals surface area contributed by atoms with Crippen LogP contribution >= 0.6 is 22.9 Å². The van der Waals surface area contributed by atoms with Crippen LogP contribution in [-0.2, 0) is 0 Å². The molecule has 17 heavy (non-hydrogen) atoms. The van der Waals surface area contributed by atoms with E-state index in [1.54, 1.807) is 0 Å². The lowest BCUT2D eigenvalue weighted by molar-refractivity contribution is 0.0626. The third-order valence-corrected chi connectivity index (χ3v) is 4.25. The molecule has 0 unspecified atom stereocenters. The van der Waals surface area contributed by atoms with E-state index in [1.807, 2.05) is 4.90 Å². The van der Waals surface area contributed by atoms with E-state index in [9.17, 15) is 4.79 Å². The summed E-state index contributed by atoms with van der Waals surface area (Å²) in [4.78, 5) is 16.4. The van der Waals surface area contributed by atoms with Crippen molar-refractivity contribution in [1.29, 1.82) is 0 Å². The van der Waals surface area contributed by atoms with Crippen molar-refractivity contribution in [2.45, 2.75) is 18.9 Å². The molecule has 2 heterocycles. The second-order valence-electron chi connectivity index (χ2n) is 4.42. The van der Waals surface area contributed by atoms with Gasteiger partial charge in [0.05, 0.1) is 0 Å². The Morgan fingerprint density at radius 1 is 1.24 bits per heavy atom. The molecule has 92 valence electrons. The number of piperazine rings is 1. The fourth-order valence-corrected chi connectivity index (χ4v) is 2.95. The second-order valence-corrected chi connectivity index (χ2v) is 5.98. The lowest BCUT2D eigenvalue weighted by Crippen LogP contribution is -2.49. The van der Waals surface area contributed by atoms with Crippen LogP contribution in [0.15, 0.2) is 0 Å². The third-order valence-electron chi connectivity index (χ3n) is 3.25. The van der Waals surface area contributed by atoms with E-state index < -0.39 is 0 Å². The summed E-state index contributed by atoms with van der Waals surface area (Å²) < 4.78 is 0.324. The van der Waals surface area contributed by atoms with Crippen LogP contribution in [0.3, 0.4) is 0 Å². The Morgan fingerprint density at radius 3 is 2.47 bits per heavy atom. The van der Waals surface area contributed by atoms with Gasteiger partial charge in [0.15, 0.2) is 0 Å². The van der Waals surface area contributed by atoms with Crippen molar-refractivity contribution in [1.82, 2.24) is 20.0 Å². The van der Waals surface area contributed by atoms with Gasteiger partial charge in [0.1, 0.15) is 0 Å². The van der Waals surface area contributed by atoms with Crippen LogP contribution in [0.5, 0.6) is 0 Å². The number of rotatable bonds is 2. The highest BCUT2D eigenvalue weighted by atomic mass is 35.5. The van der Waals surface area contributed by atoms with E-state index in [2.05, 4.69) is 15.1 Å². The van der Waals surface area contributed by atoms with Gasteiger partial charge in [0.25, 0.3) is 5.91 Å². The van der Waals surface area contributed by atoms with Crippen LogP contribution in [0.25, 0.3) is 0 Å². The summed E-state index contributed by atoms with van der Waals surface area (Å²) in [6.07, 6.45) is 2.64. The van der Waals surface area contributed by atoms with Gasteiger partial charge >= 0.3 is 0 Å². The Kier molecular flexibility index (Phi) is 3.02. The first-order valence-electron chi connectivity index (χ1n) is 5.76. The molecular weight excluding hydrogens is 260 g/mol. The van der Waals surface area contributed by atoms with Gasteiger partial charge in [0.2, 0.25) is 9.47 Å². The van der Waals surface area contributed by atoms with Gasteiger partial charge in [-0.3, -0.25) is 9.69 Å². The van der Waals surface area contributed by atoms with Crippen LogP contribution in [0, 0.1) is 0 Å². The predicted molar refractivity (Wildman–Crippen MR) is 65.4 cm³/mol. The average Bonchev–Trinajstić information content (AvgIpc) is 3.11. The molecule has 7 heteroatoms. The van der Waals surface area contributed by atoms with Gasteiger partial charge in [-0.2, -0.15) is 0 Å². The summed E-state index contributed by atoms with van der Waals surface area (Å²) in [5.41, 5.74) is 0. The summed E-state index contributed by atoms with van der Waals surface area (Å²) in [7, 11) is 0. The number of amides is 1. The Morgan fingerprint density at radius 2 is 1.94 bits per heavy atom. The number of hydrogen-bond acceptors (Lipinski definition) is 5. The lowest BCUT2D eigenvalue weighted by atomic mass is 10.3. The highest BCUT2D eigenvalue weighted by Crippen LogP contribution is 2.27. The molecule has 1 aromatic rings. The average molecular weight is 273 g/mol. The Hall–Kier alpha value is -0.720. The highest BCUT2D eigenvalue weighted by molar-refractivity contribution is 7.17. The number of carbonyl (C=O) groups is 1. The summed E-state index contributed by atoms with van der Waals surface area (Å²) >= 11 is 6.83. The molecule has 2 fully saturated rings. The standard InChI is InChI=1S/C10H13ClN4OS/c11-10-13-12-8(17-10)9(16)15-5-3-14(4-6-15)7-1-2-7/h7H,1-6H2. The maximum Gasteiger partial charge on any atom is 0.284 e. The molecular formula is C10H13ClN4OS. The molecule has 0 N–H and O–H groups in total. The number of nitrogens with zero attached hydrogens (tertiary/aromatic N) is 4. The number of halogens is 1. The zero-order chi connectivity index (χ0) is 11.8. The molecule has 1 amide bonds. The van der Waals surface area contributed by atoms with Crippen LogP contribution in [0.4, 0.5) is 0 Å². The van der Waals surface area contributed by atoms with Gasteiger partial charge in [0, 0.05) is 32.2 Å².